The summed E-state index contributed by atoms with van der Waals surface area (Å²) in [6, 6.07) is 6.71. The summed E-state index contributed by atoms with van der Waals surface area (Å²) in [6.07, 6.45) is 2.48. The van der Waals surface area contributed by atoms with Gasteiger partial charge in [-0.25, -0.2) is 0 Å². The van der Waals surface area contributed by atoms with Gasteiger partial charge in [0, 0.05) is 19.6 Å². The summed E-state index contributed by atoms with van der Waals surface area (Å²) in [6.45, 7) is 7.11. The molecule has 0 radical (unpaired) electrons. The van der Waals surface area contributed by atoms with Crippen molar-refractivity contribution in [3.8, 4) is 0 Å². The van der Waals surface area contributed by atoms with Crippen LogP contribution in [0.15, 0.2) is 18.2 Å². The average Bonchev–Trinajstić information content (AvgIpc) is 2.47. The topological polar surface area (TPSA) is 24.5 Å². The third-order valence-corrected chi connectivity index (χ3v) is 4.13. The predicted octanol–water partition coefficient (Wildman–Crippen LogP) is 2.52. The number of fused-ring (bicyclic) bond motifs is 1. The van der Waals surface area contributed by atoms with Crippen molar-refractivity contribution < 1.29 is 4.74 Å². The first-order valence-corrected chi connectivity index (χ1v) is 7.07. The number of morpholine rings is 1. The van der Waals surface area contributed by atoms with Crippen molar-refractivity contribution in [1.82, 2.24) is 0 Å². The molecule has 0 saturated carbocycles. The van der Waals surface area contributed by atoms with Crippen molar-refractivity contribution in [2.24, 2.45) is 5.92 Å². The van der Waals surface area contributed by atoms with Crippen LogP contribution in [0.1, 0.15) is 18.9 Å². The third-order valence-electron chi connectivity index (χ3n) is 4.13. The first-order valence-electron chi connectivity index (χ1n) is 7.07. The van der Waals surface area contributed by atoms with Gasteiger partial charge in [-0.3, -0.25) is 0 Å². The number of benzene rings is 1. The smallest absolute Gasteiger partial charge is 0.0642 e. The summed E-state index contributed by atoms with van der Waals surface area (Å²) in [7, 11) is 0. The van der Waals surface area contributed by atoms with Gasteiger partial charge in [0.25, 0.3) is 0 Å². The van der Waals surface area contributed by atoms with Gasteiger partial charge in [0.2, 0.25) is 0 Å². The molecule has 1 fully saturated rings. The van der Waals surface area contributed by atoms with E-state index in [1.165, 1.54) is 29.8 Å². The lowest BCUT2D eigenvalue weighted by molar-refractivity contribution is 0.122. The zero-order valence-electron chi connectivity index (χ0n) is 11.1. The van der Waals surface area contributed by atoms with E-state index in [1.807, 2.05) is 0 Å². The van der Waals surface area contributed by atoms with Gasteiger partial charge in [-0.1, -0.05) is 25.5 Å². The summed E-state index contributed by atoms with van der Waals surface area (Å²) in [4.78, 5) is 2.45. The summed E-state index contributed by atoms with van der Waals surface area (Å²) in [5.41, 5.74) is 4.21. The van der Waals surface area contributed by atoms with E-state index in [2.05, 4.69) is 35.3 Å². The highest BCUT2D eigenvalue weighted by atomic mass is 16.5. The van der Waals surface area contributed by atoms with E-state index in [1.54, 1.807) is 0 Å². The Bertz CT molecular complexity index is 413. The lowest BCUT2D eigenvalue weighted by atomic mass is 9.91. The molecule has 3 rings (SSSR count). The highest BCUT2D eigenvalue weighted by molar-refractivity contribution is 5.74. The summed E-state index contributed by atoms with van der Waals surface area (Å²) in [5.74, 6) is 0.789. The molecule has 1 atom stereocenters. The lowest BCUT2D eigenvalue weighted by Crippen LogP contribution is -2.37. The van der Waals surface area contributed by atoms with E-state index in [0.717, 1.165) is 38.8 Å². The van der Waals surface area contributed by atoms with Crippen LogP contribution in [0.25, 0.3) is 0 Å². The Morgan fingerprint density at radius 1 is 1.33 bits per heavy atom. The molecule has 0 bridgehead atoms. The SMILES string of the molecule is CCC1CNc2c(cccc2N2CCOCC2)C1. The van der Waals surface area contributed by atoms with Crippen LogP contribution in [-0.4, -0.2) is 32.8 Å². The maximum atomic E-state index is 5.44. The van der Waals surface area contributed by atoms with Crippen LogP contribution in [0, 0.1) is 5.92 Å². The fraction of sp³-hybridized carbons (Fsp3) is 0.600. The molecule has 0 amide bonds. The standard InChI is InChI=1S/C15H22N2O/c1-2-12-10-13-4-3-5-14(15(13)16-11-12)17-6-8-18-9-7-17/h3-5,12,16H,2,6-11H2,1H3. The molecule has 2 aliphatic rings. The Hall–Kier alpha value is -1.22. The van der Waals surface area contributed by atoms with E-state index >= 15 is 0 Å². The highest BCUT2D eigenvalue weighted by Crippen LogP contribution is 2.35. The van der Waals surface area contributed by atoms with E-state index in [9.17, 15) is 0 Å². The minimum atomic E-state index is 0.789. The predicted molar refractivity (Wildman–Crippen MR) is 75.4 cm³/mol. The molecule has 0 aliphatic carbocycles. The zero-order valence-corrected chi connectivity index (χ0v) is 11.1. The van der Waals surface area contributed by atoms with Crippen LogP contribution in [0.2, 0.25) is 0 Å². The normalized spacial score (nSPS) is 23.4. The number of rotatable bonds is 2. The summed E-state index contributed by atoms with van der Waals surface area (Å²) >= 11 is 0. The van der Waals surface area contributed by atoms with Gasteiger partial charge < -0.3 is 15.0 Å². The molecule has 2 heterocycles. The molecule has 2 aliphatic heterocycles. The van der Waals surface area contributed by atoms with Crippen molar-refractivity contribution in [1.29, 1.82) is 0 Å². The van der Waals surface area contributed by atoms with E-state index in [4.69, 9.17) is 4.74 Å². The second-order valence-electron chi connectivity index (χ2n) is 5.27. The van der Waals surface area contributed by atoms with Crippen LogP contribution in [0.4, 0.5) is 11.4 Å². The molecule has 18 heavy (non-hydrogen) atoms. The van der Waals surface area contributed by atoms with Gasteiger partial charge >= 0.3 is 0 Å². The molecular formula is C15H22N2O. The molecule has 98 valence electrons. The molecule has 1 N–H and O–H groups in total. The second kappa shape index (κ2) is 5.19. The van der Waals surface area contributed by atoms with Gasteiger partial charge in [0.1, 0.15) is 0 Å². The van der Waals surface area contributed by atoms with Gasteiger partial charge in [-0.2, -0.15) is 0 Å². The first kappa shape index (κ1) is 11.8. The van der Waals surface area contributed by atoms with Gasteiger partial charge in [0.05, 0.1) is 24.6 Å². The van der Waals surface area contributed by atoms with Crippen LogP contribution < -0.4 is 10.2 Å². The molecule has 1 saturated heterocycles. The number of ether oxygens (including phenoxy) is 1. The quantitative estimate of drug-likeness (QED) is 0.868. The van der Waals surface area contributed by atoms with Crippen molar-refractivity contribution in [3.63, 3.8) is 0 Å². The van der Waals surface area contributed by atoms with Gasteiger partial charge in [0.15, 0.2) is 0 Å². The maximum Gasteiger partial charge on any atom is 0.0642 e. The Kier molecular flexibility index (Phi) is 3.41. The number of hydrogen-bond acceptors (Lipinski definition) is 3. The molecule has 1 aromatic rings. The fourth-order valence-electron chi connectivity index (χ4n) is 2.95. The number of nitrogens with one attached hydrogen (secondary N) is 1. The molecular weight excluding hydrogens is 224 g/mol. The van der Waals surface area contributed by atoms with Crippen LogP contribution in [0.5, 0.6) is 0 Å². The zero-order chi connectivity index (χ0) is 12.4. The molecule has 0 aromatic heterocycles. The molecule has 3 heteroatoms. The Morgan fingerprint density at radius 3 is 2.94 bits per heavy atom. The monoisotopic (exact) mass is 246 g/mol. The first-order chi connectivity index (χ1) is 8.88. The molecule has 0 spiro atoms. The summed E-state index contributed by atoms with van der Waals surface area (Å²) < 4.78 is 5.44. The van der Waals surface area contributed by atoms with Gasteiger partial charge in [-0.05, 0) is 24.0 Å². The van der Waals surface area contributed by atoms with Crippen LogP contribution >= 0.6 is 0 Å². The minimum Gasteiger partial charge on any atom is -0.383 e. The largest absolute Gasteiger partial charge is 0.383 e. The van der Waals surface area contributed by atoms with Crippen molar-refractivity contribution in [2.75, 3.05) is 43.1 Å². The molecule has 1 unspecified atom stereocenters. The van der Waals surface area contributed by atoms with Crippen molar-refractivity contribution >= 4 is 11.4 Å². The van der Waals surface area contributed by atoms with E-state index in [-0.39, 0.29) is 0 Å². The molecule has 3 nitrogen and oxygen atoms in total. The lowest BCUT2D eigenvalue weighted by Gasteiger charge is -2.34. The number of hydrogen-bond donors (Lipinski definition) is 1. The Labute approximate surface area is 109 Å². The third kappa shape index (κ3) is 2.19. The van der Waals surface area contributed by atoms with Crippen molar-refractivity contribution in [2.45, 2.75) is 19.8 Å². The van der Waals surface area contributed by atoms with Crippen LogP contribution in [-0.2, 0) is 11.2 Å². The maximum absolute atomic E-state index is 5.44. The Morgan fingerprint density at radius 2 is 2.17 bits per heavy atom. The summed E-state index contributed by atoms with van der Waals surface area (Å²) in [5, 5.41) is 3.65. The van der Waals surface area contributed by atoms with E-state index in [0.29, 0.717) is 0 Å². The highest BCUT2D eigenvalue weighted by Gasteiger charge is 2.22. The minimum absolute atomic E-state index is 0.789. The van der Waals surface area contributed by atoms with E-state index < -0.39 is 0 Å². The average molecular weight is 246 g/mol. The number of anilines is 2. The second-order valence-corrected chi connectivity index (χ2v) is 5.27. The Balaban J connectivity index is 1.87. The van der Waals surface area contributed by atoms with Crippen molar-refractivity contribution in [3.05, 3.63) is 23.8 Å². The van der Waals surface area contributed by atoms with Gasteiger partial charge in [-0.15, -0.1) is 0 Å². The molecule has 1 aromatic carbocycles. The fourth-order valence-corrected chi connectivity index (χ4v) is 2.95. The van der Waals surface area contributed by atoms with Crippen LogP contribution in [0.3, 0.4) is 0 Å². The number of para-hydroxylation sites is 1. The number of nitrogens with zero attached hydrogens (tertiary/aromatic N) is 1.